The van der Waals surface area contributed by atoms with Gasteiger partial charge in [0.25, 0.3) is 0 Å². The molecule has 2 aromatic rings. The van der Waals surface area contributed by atoms with Crippen molar-refractivity contribution in [1.29, 1.82) is 0 Å². The molecular formula is C13H16BrClN4. The predicted molar refractivity (Wildman–Crippen MR) is 80.2 cm³/mol. The molecule has 0 aliphatic carbocycles. The fraction of sp³-hybridized carbons (Fsp3) is 0.385. The van der Waals surface area contributed by atoms with Crippen LogP contribution >= 0.6 is 27.5 Å². The summed E-state index contributed by atoms with van der Waals surface area (Å²) in [6, 6.07) is 3.50. The summed E-state index contributed by atoms with van der Waals surface area (Å²) in [5, 5.41) is 5.08. The third kappa shape index (κ3) is 3.16. The third-order valence-electron chi connectivity index (χ3n) is 3.00. The molecule has 0 saturated carbocycles. The van der Waals surface area contributed by atoms with Gasteiger partial charge < -0.3 is 5.73 Å². The summed E-state index contributed by atoms with van der Waals surface area (Å²) in [4.78, 5) is 4.26. The lowest BCUT2D eigenvalue weighted by molar-refractivity contribution is 0.581. The van der Waals surface area contributed by atoms with Gasteiger partial charge in [-0.25, -0.2) is 0 Å². The smallest absolute Gasteiger partial charge is 0.0738 e. The van der Waals surface area contributed by atoms with E-state index >= 15 is 0 Å². The minimum absolute atomic E-state index is 0.171. The lowest BCUT2D eigenvalue weighted by Gasteiger charge is -2.12. The molecule has 2 N–H and O–H groups in total. The first kappa shape index (κ1) is 14.5. The molecule has 0 bridgehead atoms. The Bertz CT molecular complexity index is 565. The largest absolute Gasteiger partial charge is 0.322 e. The van der Waals surface area contributed by atoms with Crippen LogP contribution in [0.2, 0.25) is 5.02 Å². The molecule has 0 saturated heterocycles. The first-order valence-corrected chi connectivity index (χ1v) is 7.28. The van der Waals surface area contributed by atoms with Crippen LogP contribution < -0.4 is 5.73 Å². The number of halogens is 2. The number of aryl methyl sites for hydroxylation is 2. The Hall–Kier alpha value is -0.910. The quantitative estimate of drug-likeness (QED) is 0.927. The van der Waals surface area contributed by atoms with E-state index in [1.165, 1.54) is 0 Å². The Labute approximate surface area is 126 Å². The van der Waals surface area contributed by atoms with Crippen LogP contribution in [-0.4, -0.2) is 14.8 Å². The number of hydrogen-bond donors (Lipinski definition) is 1. The predicted octanol–water partition coefficient (Wildman–Crippen LogP) is 3.26. The summed E-state index contributed by atoms with van der Waals surface area (Å²) < 4.78 is 2.99. The molecule has 0 aromatic carbocycles. The second-order valence-corrected chi connectivity index (χ2v) is 5.60. The highest BCUT2D eigenvalue weighted by atomic mass is 79.9. The van der Waals surface area contributed by atoms with Gasteiger partial charge in [0.15, 0.2) is 0 Å². The van der Waals surface area contributed by atoms with Crippen molar-refractivity contribution < 1.29 is 0 Å². The van der Waals surface area contributed by atoms with Crippen molar-refractivity contribution in [1.82, 2.24) is 14.8 Å². The molecule has 4 nitrogen and oxygen atoms in total. The van der Waals surface area contributed by atoms with Crippen molar-refractivity contribution in [3.8, 4) is 0 Å². The normalized spacial score (nSPS) is 12.7. The summed E-state index contributed by atoms with van der Waals surface area (Å²) in [7, 11) is 0. The van der Waals surface area contributed by atoms with Gasteiger partial charge >= 0.3 is 0 Å². The molecule has 0 radical (unpaired) electrons. The van der Waals surface area contributed by atoms with Gasteiger partial charge in [-0.1, -0.05) is 11.6 Å². The first-order chi connectivity index (χ1) is 9.02. The molecular weight excluding hydrogens is 328 g/mol. The fourth-order valence-corrected chi connectivity index (χ4v) is 2.54. The Morgan fingerprint density at radius 2 is 2.21 bits per heavy atom. The number of rotatable bonds is 4. The second kappa shape index (κ2) is 6.03. The van der Waals surface area contributed by atoms with Crippen LogP contribution in [0.25, 0.3) is 0 Å². The van der Waals surface area contributed by atoms with Gasteiger partial charge in [0.2, 0.25) is 0 Å². The number of aromatic nitrogens is 3. The number of nitrogens with zero attached hydrogens (tertiary/aromatic N) is 3. The SMILES string of the molecule is CCn1nc(C)c(Br)c1CC(N)c1ccc(Cl)cn1. The molecule has 102 valence electrons. The van der Waals surface area contributed by atoms with E-state index in [1.54, 1.807) is 12.3 Å². The Morgan fingerprint density at radius 3 is 2.79 bits per heavy atom. The lowest BCUT2D eigenvalue weighted by atomic mass is 10.1. The Morgan fingerprint density at radius 1 is 1.47 bits per heavy atom. The van der Waals surface area contributed by atoms with Crippen molar-refractivity contribution in [2.45, 2.75) is 32.9 Å². The summed E-state index contributed by atoms with van der Waals surface area (Å²) in [6.07, 6.45) is 2.30. The summed E-state index contributed by atoms with van der Waals surface area (Å²) in [5.41, 5.74) is 9.12. The van der Waals surface area contributed by atoms with E-state index in [0.29, 0.717) is 11.4 Å². The van der Waals surface area contributed by atoms with E-state index in [9.17, 15) is 0 Å². The van der Waals surface area contributed by atoms with E-state index in [1.807, 2.05) is 17.7 Å². The van der Waals surface area contributed by atoms with Crippen LogP contribution in [0.3, 0.4) is 0 Å². The van der Waals surface area contributed by atoms with Gasteiger partial charge in [-0.15, -0.1) is 0 Å². The maximum absolute atomic E-state index is 6.21. The van der Waals surface area contributed by atoms with Crippen molar-refractivity contribution in [2.24, 2.45) is 5.73 Å². The summed E-state index contributed by atoms with van der Waals surface area (Å²) in [6.45, 7) is 4.86. The maximum atomic E-state index is 6.21. The first-order valence-electron chi connectivity index (χ1n) is 6.11. The number of hydrogen-bond acceptors (Lipinski definition) is 3. The molecule has 2 aromatic heterocycles. The van der Waals surface area contributed by atoms with Crippen molar-refractivity contribution in [3.05, 3.63) is 44.9 Å². The highest BCUT2D eigenvalue weighted by molar-refractivity contribution is 9.10. The molecule has 1 atom stereocenters. The second-order valence-electron chi connectivity index (χ2n) is 4.37. The molecule has 2 heterocycles. The average molecular weight is 344 g/mol. The summed E-state index contributed by atoms with van der Waals surface area (Å²) >= 11 is 9.40. The molecule has 6 heteroatoms. The topological polar surface area (TPSA) is 56.7 Å². The van der Waals surface area contributed by atoms with E-state index in [-0.39, 0.29) is 6.04 Å². The highest BCUT2D eigenvalue weighted by Gasteiger charge is 2.17. The van der Waals surface area contributed by atoms with Crippen molar-refractivity contribution in [3.63, 3.8) is 0 Å². The Balaban J connectivity index is 2.23. The minimum atomic E-state index is -0.171. The summed E-state index contributed by atoms with van der Waals surface area (Å²) in [5.74, 6) is 0. The van der Waals surface area contributed by atoms with Crippen LogP contribution in [0.15, 0.2) is 22.8 Å². The van der Waals surface area contributed by atoms with E-state index in [4.69, 9.17) is 17.3 Å². The number of nitrogens with two attached hydrogens (primary N) is 1. The van der Waals surface area contributed by atoms with Gasteiger partial charge in [-0.2, -0.15) is 5.10 Å². The van der Waals surface area contributed by atoms with Gasteiger partial charge in [-0.05, 0) is 41.9 Å². The molecule has 0 fully saturated rings. The van der Waals surface area contributed by atoms with Gasteiger partial charge in [-0.3, -0.25) is 9.67 Å². The zero-order valence-corrected chi connectivity index (χ0v) is 13.2. The van der Waals surface area contributed by atoms with E-state index < -0.39 is 0 Å². The molecule has 2 rings (SSSR count). The molecule has 1 unspecified atom stereocenters. The number of pyridine rings is 1. The van der Waals surface area contributed by atoms with Crippen molar-refractivity contribution in [2.75, 3.05) is 0 Å². The van der Waals surface area contributed by atoms with E-state index in [0.717, 1.165) is 28.1 Å². The molecule has 0 spiro atoms. The Kier molecular flexibility index (Phi) is 4.60. The maximum Gasteiger partial charge on any atom is 0.0738 e. The third-order valence-corrected chi connectivity index (χ3v) is 4.25. The van der Waals surface area contributed by atoms with Gasteiger partial charge in [0, 0.05) is 19.2 Å². The molecule has 0 aliphatic heterocycles. The van der Waals surface area contributed by atoms with Crippen LogP contribution in [0.1, 0.15) is 30.0 Å². The van der Waals surface area contributed by atoms with Crippen LogP contribution in [-0.2, 0) is 13.0 Å². The fourth-order valence-electron chi connectivity index (χ4n) is 1.98. The van der Waals surface area contributed by atoms with E-state index in [2.05, 4.69) is 32.9 Å². The van der Waals surface area contributed by atoms with Crippen LogP contribution in [0.4, 0.5) is 0 Å². The average Bonchev–Trinajstić information content (AvgIpc) is 2.67. The minimum Gasteiger partial charge on any atom is -0.322 e. The zero-order chi connectivity index (χ0) is 14.0. The highest BCUT2D eigenvalue weighted by Crippen LogP contribution is 2.25. The zero-order valence-electron chi connectivity index (χ0n) is 10.9. The van der Waals surface area contributed by atoms with Gasteiger partial charge in [0.05, 0.1) is 32.6 Å². The van der Waals surface area contributed by atoms with Crippen LogP contribution in [0.5, 0.6) is 0 Å². The monoisotopic (exact) mass is 342 g/mol. The lowest BCUT2D eigenvalue weighted by Crippen LogP contribution is -2.17. The van der Waals surface area contributed by atoms with Crippen molar-refractivity contribution >= 4 is 27.5 Å². The molecule has 0 amide bonds. The van der Waals surface area contributed by atoms with Crippen LogP contribution in [0, 0.1) is 6.92 Å². The molecule has 0 aliphatic rings. The molecule has 19 heavy (non-hydrogen) atoms. The van der Waals surface area contributed by atoms with Gasteiger partial charge in [0.1, 0.15) is 0 Å². The standard InChI is InChI=1S/C13H16BrClN4/c1-3-19-12(13(14)8(2)18-19)6-10(16)11-5-4-9(15)7-17-11/h4-5,7,10H,3,6,16H2,1-2H3.